The third kappa shape index (κ3) is 2.96. The maximum Gasteiger partial charge on any atom is 0.325 e. The van der Waals surface area contributed by atoms with Crippen molar-refractivity contribution < 1.29 is 9.59 Å². The molecule has 3 amide bonds. The molecule has 6 heteroatoms. The zero-order valence-corrected chi connectivity index (χ0v) is 14.0. The van der Waals surface area contributed by atoms with Gasteiger partial charge in [-0.2, -0.15) is 10.5 Å². The molecule has 0 unspecified atom stereocenters. The number of urea groups is 1. The van der Waals surface area contributed by atoms with Crippen molar-refractivity contribution in [1.82, 2.24) is 10.2 Å². The molecule has 1 spiro atoms. The number of carbonyl (C=O) groups is 2. The molecule has 1 heterocycles. The van der Waals surface area contributed by atoms with Gasteiger partial charge in [0, 0.05) is 13.0 Å². The molecule has 25 heavy (non-hydrogen) atoms. The quantitative estimate of drug-likeness (QED) is 0.855. The number of amides is 3. The lowest BCUT2D eigenvalue weighted by molar-refractivity contribution is -0.132. The Labute approximate surface area is 147 Å². The number of rotatable bonds is 4. The van der Waals surface area contributed by atoms with Gasteiger partial charge in [-0.15, -0.1) is 0 Å². The van der Waals surface area contributed by atoms with Crippen LogP contribution in [0.3, 0.4) is 0 Å². The first-order valence-electron chi connectivity index (χ1n) is 8.61. The number of fused-ring (bicyclic) bond motifs is 2. The van der Waals surface area contributed by atoms with Crippen molar-refractivity contribution in [3.05, 3.63) is 35.4 Å². The van der Waals surface area contributed by atoms with Gasteiger partial charge in [-0.1, -0.05) is 24.3 Å². The number of carbonyl (C=O) groups excluding carboxylic acids is 2. The molecule has 0 saturated carbocycles. The van der Waals surface area contributed by atoms with Gasteiger partial charge in [-0.25, -0.2) is 4.79 Å². The van der Waals surface area contributed by atoms with Crippen LogP contribution in [-0.4, -0.2) is 23.4 Å². The van der Waals surface area contributed by atoms with Crippen molar-refractivity contribution in [2.75, 3.05) is 6.54 Å². The second-order valence-electron chi connectivity index (χ2n) is 6.64. The van der Waals surface area contributed by atoms with Gasteiger partial charge in [0.25, 0.3) is 5.91 Å². The van der Waals surface area contributed by atoms with E-state index in [4.69, 9.17) is 5.26 Å². The maximum absolute atomic E-state index is 13.2. The topological polar surface area (TPSA) is 97.0 Å². The average molecular weight is 336 g/mol. The molecule has 1 saturated heterocycles. The zero-order chi connectivity index (χ0) is 17.9. The smallest absolute Gasteiger partial charge is 0.319 e. The summed E-state index contributed by atoms with van der Waals surface area (Å²) in [5, 5.41) is 20.9. The van der Waals surface area contributed by atoms with E-state index in [1.165, 1.54) is 0 Å². The van der Waals surface area contributed by atoms with E-state index in [0.717, 1.165) is 35.3 Å². The van der Waals surface area contributed by atoms with Gasteiger partial charge in [0.2, 0.25) is 0 Å². The van der Waals surface area contributed by atoms with Crippen LogP contribution in [0.5, 0.6) is 0 Å². The summed E-state index contributed by atoms with van der Waals surface area (Å²) in [4.78, 5) is 26.9. The Balaban J connectivity index is 1.91. The minimum absolute atomic E-state index is 0.0345. The van der Waals surface area contributed by atoms with E-state index in [9.17, 15) is 14.9 Å². The highest BCUT2D eigenvalue weighted by molar-refractivity contribution is 6.07. The van der Waals surface area contributed by atoms with Crippen molar-refractivity contribution in [2.45, 2.75) is 44.1 Å². The number of imide groups is 1. The maximum atomic E-state index is 13.2. The Morgan fingerprint density at radius 3 is 2.80 bits per heavy atom. The summed E-state index contributed by atoms with van der Waals surface area (Å²) in [7, 11) is 0. The van der Waals surface area contributed by atoms with Crippen LogP contribution in [0.4, 0.5) is 4.79 Å². The largest absolute Gasteiger partial charge is 0.325 e. The van der Waals surface area contributed by atoms with Gasteiger partial charge in [0.1, 0.15) is 5.54 Å². The first-order valence-corrected chi connectivity index (χ1v) is 8.61. The van der Waals surface area contributed by atoms with Crippen molar-refractivity contribution in [1.29, 1.82) is 10.5 Å². The standard InChI is InChI=1S/C19H20N4O2/c20-11-5-6-14(12-21)13-23-17(24)19(22-18(23)25)10-4-3-8-15-7-1-2-9-16(15)19/h1-2,7,9,14H,3-6,8,10,13H2,(H,22,25)/t14-,19+/m0/s1. The molecule has 1 aliphatic carbocycles. The summed E-state index contributed by atoms with van der Waals surface area (Å²) in [6.45, 7) is 0.0345. The Morgan fingerprint density at radius 1 is 1.24 bits per heavy atom. The van der Waals surface area contributed by atoms with E-state index >= 15 is 0 Å². The summed E-state index contributed by atoms with van der Waals surface area (Å²) in [6, 6.07) is 11.4. The summed E-state index contributed by atoms with van der Waals surface area (Å²) in [5.41, 5.74) is 0.954. The summed E-state index contributed by atoms with van der Waals surface area (Å²) in [6.07, 6.45) is 3.88. The van der Waals surface area contributed by atoms with E-state index in [0.29, 0.717) is 12.8 Å². The highest BCUT2D eigenvalue weighted by Crippen LogP contribution is 2.39. The van der Waals surface area contributed by atoms with Crippen LogP contribution in [-0.2, 0) is 16.8 Å². The lowest BCUT2D eigenvalue weighted by Gasteiger charge is -2.27. The van der Waals surface area contributed by atoms with Crippen molar-refractivity contribution in [3.63, 3.8) is 0 Å². The Kier molecular flexibility index (Phi) is 4.72. The number of benzene rings is 1. The number of hydrogen-bond acceptors (Lipinski definition) is 4. The van der Waals surface area contributed by atoms with Gasteiger partial charge in [-0.3, -0.25) is 9.69 Å². The molecule has 6 nitrogen and oxygen atoms in total. The minimum Gasteiger partial charge on any atom is -0.319 e. The Morgan fingerprint density at radius 2 is 2.04 bits per heavy atom. The van der Waals surface area contributed by atoms with Crippen LogP contribution in [0.25, 0.3) is 0 Å². The van der Waals surface area contributed by atoms with E-state index in [1.54, 1.807) is 0 Å². The van der Waals surface area contributed by atoms with Crippen molar-refractivity contribution in [3.8, 4) is 12.1 Å². The van der Waals surface area contributed by atoms with Crippen LogP contribution in [0.2, 0.25) is 0 Å². The second-order valence-corrected chi connectivity index (χ2v) is 6.64. The lowest BCUT2D eigenvalue weighted by Crippen LogP contribution is -2.44. The van der Waals surface area contributed by atoms with E-state index < -0.39 is 17.5 Å². The molecular formula is C19H20N4O2. The number of aryl methyl sites for hydroxylation is 1. The van der Waals surface area contributed by atoms with Crippen LogP contribution in [0, 0.1) is 28.6 Å². The third-order valence-electron chi connectivity index (χ3n) is 5.09. The number of nitriles is 2. The van der Waals surface area contributed by atoms with Gasteiger partial charge >= 0.3 is 6.03 Å². The molecule has 3 rings (SSSR count). The Hall–Kier alpha value is -2.86. The fourth-order valence-corrected chi connectivity index (χ4v) is 3.79. The van der Waals surface area contributed by atoms with Crippen LogP contribution < -0.4 is 5.32 Å². The van der Waals surface area contributed by atoms with Gasteiger partial charge in [0.15, 0.2) is 0 Å². The second kappa shape index (κ2) is 6.94. The van der Waals surface area contributed by atoms with Gasteiger partial charge in [-0.05, 0) is 43.2 Å². The molecular weight excluding hydrogens is 316 g/mol. The Bertz CT molecular complexity index is 776. The van der Waals surface area contributed by atoms with Gasteiger partial charge in [0.05, 0.1) is 18.1 Å². The number of hydrogen-bond donors (Lipinski definition) is 1. The summed E-state index contributed by atoms with van der Waals surface area (Å²) < 4.78 is 0. The van der Waals surface area contributed by atoms with Crippen LogP contribution in [0.15, 0.2) is 24.3 Å². The molecule has 1 N–H and O–H groups in total. The highest BCUT2D eigenvalue weighted by Gasteiger charge is 2.53. The molecule has 1 aromatic carbocycles. The lowest BCUT2D eigenvalue weighted by atomic mass is 9.84. The minimum atomic E-state index is -1.01. The van der Waals surface area contributed by atoms with E-state index in [2.05, 4.69) is 11.4 Å². The molecule has 1 fully saturated rings. The van der Waals surface area contributed by atoms with Crippen LogP contribution >= 0.6 is 0 Å². The molecule has 128 valence electrons. The molecule has 0 bridgehead atoms. The molecule has 1 aliphatic heterocycles. The van der Waals surface area contributed by atoms with Crippen molar-refractivity contribution >= 4 is 11.9 Å². The monoisotopic (exact) mass is 336 g/mol. The zero-order valence-electron chi connectivity index (χ0n) is 14.0. The SMILES string of the molecule is N#CCC[C@@H](C#N)CN1C(=O)N[C@@]2(CCCCc3ccccc32)C1=O. The first-order chi connectivity index (χ1) is 12.1. The van der Waals surface area contributed by atoms with Crippen molar-refractivity contribution in [2.24, 2.45) is 5.92 Å². The predicted molar refractivity (Wildman–Crippen MR) is 89.9 cm³/mol. The highest BCUT2D eigenvalue weighted by atomic mass is 16.2. The molecule has 0 radical (unpaired) electrons. The summed E-state index contributed by atoms with van der Waals surface area (Å²) >= 11 is 0. The third-order valence-corrected chi connectivity index (χ3v) is 5.09. The average Bonchev–Trinajstić information content (AvgIpc) is 2.76. The van der Waals surface area contributed by atoms with Gasteiger partial charge < -0.3 is 5.32 Å². The number of nitrogens with zero attached hydrogens (tertiary/aromatic N) is 3. The van der Waals surface area contributed by atoms with E-state index in [-0.39, 0.29) is 18.9 Å². The summed E-state index contributed by atoms with van der Waals surface area (Å²) in [5.74, 6) is -0.797. The first kappa shape index (κ1) is 17.0. The fourth-order valence-electron chi connectivity index (χ4n) is 3.79. The normalized spacial score (nSPS) is 23.4. The van der Waals surface area contributed by atoms with Crippen LogP contribution in [0.1, 0.15) is 43.2 Å². The number of nitrogens with one attached hydrogen (secondary N) is 1. The van der Waals surface area contributed by atoms with E-state index in [1.807, 2.05) is 30.3 Å². The predicted octanol–water partition coefficient (Wildman–Crippen LogP) is 2.60. The molecule has 2 aliphatic rings. The molecule has 2 atom stereocenters. The molecule has 1 aromatic rings. The molecule has 0 aromatic heterocycles. The fraction of sp³-hybridized carbons (Fsp3) is 0.474.